The molecule has 0 fully saturated rings. The van der Waals surface area contributed by atoms with Crippen LogP contribution in [0.3, 0.4) is 0 Å². The molecule has 2 aromatic carbocycles. The van der Waals surface area contributed by atoms with Gasteiger partial charge in [0.1, 0.15) is 10.4 Å². The van der Waals surface area contributed by atoms with Crippen molar-refractivity contribution in [3.05, 3.63) is 70.5 Å². The van der Waals surface area contributed by atoms with E-state index in [4.69, 9.17) is 17.0 Å². The van der Waals surface area contributed by atoms with E-state index in [1.165, 1.54) is 0 Å². The smallest absolute Gasteiger partial charge is 0.136 e. The number of aromatic amines is 1. The molecule has 0 saturated heterocycles. The SMILES string of the molecule is COc1cccc(N=Cc2c(C)[nH]n(-c3ccccc3)c2=S)c1. The minimum atomic E-state index is 0.709. The number of rotatable bonds is 4. The second-order valence-electron chi connectivity index (χ2n) is 5.09. The number of aryl methyl sites for hydroxylation is 1. The molecule has 1 heterocycles. The van der Waals surface area contributed by atoms with Crippen molar-refractivity contribution in [2.24, 2.45) is 4.99 Å². The fourth-order valence-corrected chi connectivity index (χ4v) is 2.66. The molecular formula is C18H17N3OS. The van der Waals surface area contributed by atoms with E-state index in [0.29, 0.717) is 4.64 Å². The van der Waals surface area contributed by atoms with Gasteiger partial charge in [-0.05, 0) is 31.2 Å². The number of hydrogen-bond acceptors (Lipinski definition) is 3. The molecule has 0 amide bonds. The third-order valence-electron chi connectivity index (χ3n) is 3.53. The molecule has 0 aliphatic carbocycles. The van der Waals surface area contributed by atoms with E-state index in [1.807, 2.05) is 66.2 Å². The Hall–Kier alpha value is -2.66. The van der Waals surface area contributed by atoms with Crippen LogP contribution in [0.15, 0.2) is 59.6 Å². The van der Waals surface area contributed by atoms with Crippen LogP contribution in [-0.2, 0) is 0 Å². The summed E-state index contributed by atoms with van der Waals surface area (Å²) in [4.78, 5) is 4.51. The first-order chi connectivity index (χ1) is 11.2. The van der Waals surface area contributed by atoms with E-state index in [-0.39, 0.29) is 0 Å². The maximum atomic E-state index is 5.57. The van der Waals surface area contributed by atoms with Crippen LogP contribution in [0.1, 0.15) is 11.3 Å². The van der Waals surface area contributed by atoms with Gasteiger partial charge < -0.3 is 4.74 Å². The topological polar surface area (TPSA) is 42.3 Å². The summed E-state index contributed by atoms with van der Waals surface area (Å²) in [6.07, 6.45) is 1.79. The Morgan fingerprint density at radius 2 is 1.91 bits per heavy atom. The van der Waals surface area contributed by atoms with Crippen molar-refractivity contribution in [2.45, 2.75) is 6.92 Å². The second kappa shape index (κ2) is 6.62. The number of H-pyrrole nitrogens is 1. The minimum Gasteiger partial charge on any atom is -0.497 e. The van der Waals surface area contributed by atoms with Gasteiger partial charge in [0.25, 0.3) is 0 Å². The molecule has 1 N–H and O–H groups in total. The van der Waals surface area contributed by atoms with Crippen LogP contribution in [0.25, 0.3) is 5.69 Å². The maximum Gasteiger partial charge on any atom is 0.136 e. The van der Waals surface area contributed by atoms with Gasteiger partial charge in [-0.25, -0.2) is 4.68 Å². The summed E-state index contributed by atoms with van der Waals surface area (Å²) in [7, 11) is 1.64. The van der Waals surface area contributed by atoms with Gasteiger partial charge >= 0.3 is 0 Å². The molecule has 0 unspecified atom stereocenters. The first-order valence-electron chi connectivity index (χ1n) is 7.24. The molecular weight excluding hydrogens is 306 g/mol. The van der Waals surface area contributed by atoms with Crippen molar-refractivity contribution in [3.8, 4) is 11.4 Å². The molecule has 116 valence electrons. The van der Waals surface area contributed by atoms with Gasteiger partial charge in [-0.2, -0.15) is 0 Å². The fraction of sp³-hybridized carbons (Fsp3) is 0.111. The fourth-order valence-electron chi connectivity index (χ4n) is 2.30. The summed E-state index contributed by atoms with van der Waals surface area (Å²) in [5.74, 6) is 0.781. The number of benzene rings is 2. The van der Waals surface area contributed by atoms with Crippen molar-refractivity contribution < 1.29 is 4.74 Å². The Labute approximate surface area is 140 Å². The largest absolute Gasteiger partial charge is 0.497 e. The Bertz CT molecular complexity index is 894. The van der Waals surface area contributed by atoms with Gasteiger partial charge in [-0.15, -0.1) is 0 Å². The molecule has 0 atom stereocenters. The van der Waals surface area contributed by atoms with Crippen LogP contribution < -0.4 is 4.74 Å². The molecule has 5 heteroatoms. The predicted molar refractivity (Wildman–Crippen MR) is 95.9 cm³/mol. The summed E-state index contributed by atoms with van der Waals surface area (Å²) in [6, 6.07) is 17.6. The number of aromatic nitrogens is 2. The lowest BCUT2D eigenvalue weighted by atomic mass is 10.2. The zero-order valence-electron chi connectivity index (χ0n) is 13.0. The minimum absolute atomic E-state index is 0.709. The van der Waals surface area contributed by atoms with Crippen molar-refractivity contribution in [1.29, 1.82) is 0 Å². The first-order valence-corrected chi connectivity index (χ1v) is 7.65. The molecule has 0 saturated carbocycles. The number of aliphatic imine (C=N–C) groups is 1. The number of ether oxygens (including phenoxy) is 1. The van der Waals surface area contributed by atoms with E-state index in [9.17, 15) is 0 Å². The van der Waals surface area contributed by atoms with E-state index in [0.717, 1.165) is 28.4 Å². The van der Waals surface area contributed by atoms with E-state index >= 15 is 0 Å². The molecule has 3 rings (SSSR count). The molecule has 3 aromatic rings. The van der Waals surface area contributed by atoms with Gasteiger partial charge in [0.2, 0.25) is 0 Å². The van der Waals surface area contributed by atoms with Gasteiger partial charge in [-0.1, -0.05) is 36.5 Å². The van der Waals surface area contributed by atoms with Gasteiger partial charge in [0, 0.05) is 18.0 Å². The Morgan fingerprint density at radius 3 is 2.65 bits per heavy atom. The molecule has 23 heavy (non-hydrogen) atoms. The third-order valence-corrected chi connectivity index (χ3v) is 3.93. The summed E-state index contributed by atoms with van der Waals surface area (Å²) in [5, 5.41) is 3.28. The zero-order chi connectivity index (χ0) is 16.2. The Balaban J connectivity index is 1.96. The first kappa shape index (κ1) is 15.2. The van der Waals surface area contributed by atoms with Crippen LogP contribution in [-0.4, -0.2) is 23.1 Å². The summed E-state index contributed by atoms with van der Waals surface area (Å²) < 4.78 is 7.81. The predicted octanol–water partition coefficient (Wildman–Crippen LogP) is 4.60. The number of methoxy groups -OCH3 is 1. The Morgan fingerprint density at radius 1 is 1.13 bits per heavy atom. The highest BCUT2D eigenvalue weighted by molar-refractivity contribution is 7.71. The lowest BCUT2D eigenvalue weighted by Crippen LogP contribution is -1.95. The van der Waals surface area contributed by atoms with Crippen LogP contribution >= 0.6 is 12.2 Å². The van der Waals surface area contributed by atoms with Crippen molar-refractivity contribution in [3.63, 3.8) is 0 Å². The highest BCUT2D eigenvalue weighted by Crippen LogP contribution is 2.20. The third kappa shape index (κ3) is 3.24. The maximum absolute atomic E-state index is 5.57. The molecule has 0 radical (unpaired) electrons. The average molecular weight is 323 g/mol. The molecule has 0 bridgehead atoms. The lowest BCUT2D eigenvalue weighted by Gasteiger charge is -2.01. The number of hydrogen-bond donors (Lipinski definition) is 1. The van der Waals surface area contributed by atoms with Crippen molar-refractivity contribution in [1.82, 2.24) is 9.78 Å². The highest BCUT2D eigenvalue weighted by Gasteiger charge is 2.07. The second-order valence-corrected chi connectivity index (χ2v) is 5.47. The Kier molecular flexibility index (Phi) is 4.39. The molecule has 4 nitrogen and oxygen atoms in total. The van der Waals surface area contributed by atoms with Crippen molar-refractivity contribution >= 4 is 24.1 Å². The van der Waals surface area contributed by atoms with Crippen LogP contribution in [0, 0.1) is 11.6 Å². The normalized spacial score (nSPS) is 11.0. The van der Waals surface area contributed by atoms with E-state index < -0.39 is 0 Å². The van der Waals surface area contributed by atoms with Crippen molar-refractivity contribution in [2.75, 3.05) is 7.11 Å². The lowest BCUT2D eigenvalue weighted by molar-refractivity contribution is 0.415. The summed E-state index contributed by atoms with van der Waals surface area (Å²) in [5.41, 5.74) is 3.71. The average Bonchev–Trinajstić information content (AvgIpc) is 2.88. The summed E-state index contributed by atoms with van der Waals surface area (Å²) >= 11 is 5.57. The molecule has 0 aliphatic rings. The monoisotopic (exact) mass is 323 g/mol. The summed E-state index contributed by atoms with van der Waals surface area (Å²) in [6.45, 7) is 1.99. The number of nitrogens with one attached hydrogen (secondary N) is 1. The number of nitrogens with zero attached hydrogens (tertiary/aromatic N) is 2. The van der Waals surface area contributed by atoms with E-state index in [1.54, 1.807) is 13.3 Å². The quantitative estimate of drug-likeness (QED) is 0.563. The molecule has 0 aliphatic heterocycles. The molecule has 1 aromatic heterocycles. The van der Waals surface area contributed by atoms with Crippen LogP contribution in [0.2, 0.25) is 0 Å². The van der Waals surface area contributed by atoms with Gasteiger partial charge in [0.05, 0.1) is 24.0 Å². The highest BCUT2D eigenvalue weighted by atomic mass is 32.1. The molecule has 0 spiro atoms. The standard InChI is InChI=1S/C18H17N3OS/c1-13-17(12-19-14-7-6-10-16(11-14)22-2)18(23)21(20-13)15-8-4-3-5-9-15/h3-12,20H,1-2H3. The van der Waals surface area contributed by atoms with Gasteiger partial charge in [0.15, 0.2) is 0 Å². The van der Waals surface area contributed by atoms with E-state index in [2.05, 4.69) is 10.1 Å². The number of para-hydroxylation sites is 1. The van der Waals surface area contributed by atoms with Crippen LogP contribution in [0.5, 0.6) is 5.75 Å². The van der Waals surface area contributed by atoms with Crippen LogP contribution in [0.4, 0.5) is 5.69 Å². The van der Waals surface area contributed by atoms with Gasteiger partial charge in [-0.3, -0.25) is 10.1 Å². The zero-order valence-corrected chi connectivity index (χ0v) is 13.8.